The Bertz CT molecular complexity index is 599. The molecule has 0 bridgehead atoms. The zero-order valence-corrected chi connectivity index (χ0v) is 10.8. The summed E-state index contributed by atoms with van der Waals surface area (Å²) >= 11 is 0. The lowest BCUT2D eigenvalue weighted by molar-refractivity contribution is 0.672. The molecule has 0 atom stereocenters. The third kappa shape index (κ3) is 1.92. The molecular formula is C16H18N2. The van der Waals surface area contributed by atoms with Gasteiger partial charge in [0.1, 0.15) is 0 Å². The molecule has 3 rings (SSSR count). The van der Waals surface area contributed by atoms with Gasteiger partial charge in [-0.2, -0.15) is 0 Å². The van der Waals surface area contributed by atoms with E-state index >= 15 is 0 Å². The van der Waals surface area contributed by atoms with Crippen LogP contribution in [0.2, 0.25) is 0 Å². The lowest BCUT2D eigenvalue weighted by Crippen LogP contribution is -2.06. The Morgan fingerprint density at radius 2 is 2.06 bits per heavy atom. The Morgan fingerprint density at radius 3 is 2.94 bits per heavy atom. The van der Waals surface area contributed by atoms with Crippen molar-refractivity contribution in [1.82, 2.24) is 4.98 Å². The van der Waals surface area contributed by atoms with Crippen LogP contribution in [0.25, 0.3) is 10.9 Å². The minimum absolute atomic E-state index is 0.978. The lowest BCUT2D eigenvalue weighted by atomic mass is 9.93. The molecule has 1 aromatic heterocycles. The lowest BCUT2D eigenvalue weighted by Gasteiger charge is -2.18. The summed E-state index contributed by atoms with van der Waals surface area (Å²) in [6.07, 6.45) is 7.75. The molecule has 0 spiro atoms. The first kappa shape index (κ1) is 11.4. The summed E-state index contributed by atoms with van der Waals surface area (Å²) in [6, 6.07) is 8.36. The first-order valence-corrected chi connectivity index (χ1v) is 6.83. The number of aryl methyl sites for hydroxylation is 1. The molecule has 0 N–H and O–H groups in total. The molecule has 92 valence electrons. The minimum atomic E-state index is 0.978. The van der Waals surface area contributed by atoms with Gasteiger partial charge in [-0.15, -0.1) is 0 Å². The predicted molar refractivity (Wildman–Crippen MR) is 76.8 cm³/mol. The Hall–Kier alpha value is -1.70. The Morgan fingerprint density at radius 1 is 1.22 bits per heavy atom. The van der Waals surface area contributed by atoms with Gasteiger partial charge in [0.25, 0.3) is 0 Å². The molecule has 2 nitrogen and oxygen atoms in total. The molecule has 0 amide bonds. The van der Waals surface area contributed by atoms with Crippen LogP contribution >= 0.6 is 0 Å². The van der Waals surface area contributed by atoms with Crippen LogP contribution in [0.4, 0.5) is 5.69 Å². The highest BCUT2D eigenvalue weighted by Gasteiger charge is 2.17. The van der Waals surface area contributed by atoms with E-state index in [4.69, 9.17) is 9.98 Å². The Balaban J connectivity index is 2.28. The number of aliphatic imine (C=N–C) groups is 1. The average Bonchev–Trinajstić information content (AvgIpc) is 2.43. The molecule has 1 aliphatic carbocycles. The minimum Gasteiger partial charge on any atom is -0.260 e. The molecule has 0 aliphatic heterocycles. The van der Waals surface area contributed by atoms with Crippen molar-refractivity contribution in [3.05, 3.63) is 35.5 Å². The van der Waals surface area contributed by atoms with Gasteiger partial charge in [0.15, 0.2) is 0 Å². The molecule has 0 unspecified atom stereocenters. The Kier molecular flexibility index (Phi) is 3.09. The van der Waals surface area contributed by atoms with Gasteiger partial charge in [0.2, 0.25) is 0 Å². The van der Waals surface area contributed by atoms with E-state index in [1.807, 2.05) is 6.21 Å². The molecule has 0 fully saturated rings. The molecule has 2 aromatic rings. The van der Waals surface area contributed by atoms with Crippen LogP contribution in [-0.2, 0) is 12.8 Å². The second-order valence-corrected chi connectivity index (χ2v) is 4.83. The number of rotatable bonds is 2. The largest absolute Gasteiger partial charge is 0.260 e. The molecule has 18 heavy (non-hydrogen) atoms. The highest BCUT2D eigenvalue weighted by atomic mass is 14.8. The fourth-order valence-corrected chi connectivity index (χ4v) is 2.68. The molecule has 0 saturated heterocycles. The smallest absolute Gasteiger partial charge is 0.0769 e. The maximum Gasteiger partial charge on any atom is 0.0769 e. The third-order valence-electron chi connectivity index (χ3n) is 3.54. The molecular weight excluding hydrogens is 220 g/mol. The van der Waals surface area contributed by atoms with E-state index in [1.54, 1.807) is 0 Å². The number of hydrogen-bond acceptors (Lipinski definition) is 2. The number of aromatic nitrogens is 1. The number of nitrogens with zero attached hydrogens (tertiary/aromatic N) is 2. The summed E-state index contributed by atoms with van der Waals surface area (Å²) in [5.41, 5.74) is 4.89. The van der Waals surface area contributed by atoms with E-state index in [0.29, 0.717) is 0 Å². The number of pyridine rings is 1. The van der Waals surface area contributed by atoms with E-state index < -0.39 is 0 Å². The van der Waals surface area contributed by atoms with Crippen molar-refractivity contribution < 1.29 is 0 Å². The monoisotopic (exact) mass is 238 g/mol. The topological polar surface area (TPSA) is 25.2 Å². The summed E-state index contributed by atoms with van der Waals surface area (Å²) in [5.74, 6) is 0. The molecule has 0 radical (unpaired) electrons. The van der Waals surface area contributed by atoms with E-state index in [1.165, 1.54) is 29.5 Å². The summed E-state index contributed by atoms with van der Waals surface area (Å²) in [5, 5.41) is 1.20. The van der Waals surface area contributed by atoms with Gasteiger partial charge in [-0.3, -0.25) is 9.98 Å². The van der Waals surface area contributed by atoms with Crippen molar-refractivity contribution >= 4 is 22.8 Å². The molecule has 1 aliphatic rings. The van der Waals surface area contributed by atoms with E-state index in [9.17, 15) is 0 Å². The fraction of sp³-hybridized carbons (Fsp3) is 0.375. The van der Waals surface area contributed by atoms with Crippen molar-refractivity contribution in [2.24, 2.45) is 4.99 Å². The van der Waals surface area contributed by atoms with Crippen molar-refractivity contribution in [3.8, 4) is 0 Å². The first-order chi connectivity index (χ1) is 8.90. The van der Waals surface area contributed by atoms with Gasteiger partial charge in [-0.1, -0.05) is 25.1 Å². The van der Waals surface area contributed by atoms with Crippen LogP contribution < -0.4 is 0 Å². The first-order valence-electron chi connectivity index (χ1n) is 6.83. The molecule has 1 heterocycles. The highest BCUT2D eigenvalue weighted by molar-refractivity contribution is 5.93. The van der Waals surface area contributed by atoms with Crippen LogP contribution in [0.5, 0.6) is 0 Å². The average molecular weight is 238 g/mol. The van der Waals surface area contributed by atoms with Crippen molar-refractivity contribution in [2.75, 3.05) is 0 Å². The molecule has 1 aromatic carbocycles. The number of para-hydroxylation sites is 1. The van der Waals surface area contributed by atoms with Gasteiger partial charge in [0.05, 0.1) is 11.2 Å². The van der Waals surface area contributed by atoms with E-state index in [0.717, 1.165) is 30.5 Å². The molecule has 2 heteroatoms. The standard InChI is InChI=1S/C16H18N2/c1-2-11-17-16-12-7-3-5-9-14(12)18-15-10-6-4-8-13(15)16/h3,5,7,9,11H,2,4,6,8,10H2,1H3/b17-11+. The molecule has 0 saturated carbocycles. The highest BCUT2D eigenvalue weighted by Crippen LogP contribution is 2.34. The summed E-state index contributed by atoms with van der Waals surface area (Å²) < 4.78 is 0. The normalized spacial score (nSPS) is 15.2. The van der Waals surface area contributed by atoms with Crippen LogP contribution in [-0.4, -0.2) is 11.2 Å². The summed E-state index contributed by atoms with van der Waals surface area (Å²) in [4.78, 5) is 9.51. The van der Waals surface area contributed by atoms with Crippen molar-refractivity contribution in [3.63, 3.8) is 0 Å². The van der Waals surface area contributed by atoms with Crippen LogP contribution in [0.1, 0.15) is 37.4 Å². The summed E-state index contributed by atoms with van der Waals surface area (Å²) in [7, 11) is 0. The Labute approximate surface area is 108 Å². The maximum atomic E-state index is 4.81. The number of benzene rings is 1. The van der Waals surface area contributed by atoms with Crippen molar-refractivity contribution in [2.45, 2.75) is 39.0 Å². The van der Waals surface area contributed by atoms with E-state index in [2.05, 4.69) is 31.2 Å². The van der Waals surface area contributed by atoms with Gasteiger partial charge < -0.3 is 0 Å². The summed E-state index contributed by atoms with van der Waals surface area (Å²) in [6.45, 7) is 2.12. The zero-order valence-electron chi connectivity index (χ0n) is 10.8. The van der Waals surface area contributed by atoms with E-state index in [-0.39, 0.29) is 0 Å². The second kappa shape index (κ2) is 4.89. The second-order valence-electron chi connectivity index (χ2n) is 4.83. The predicted octanol–water partition coefficient (Wildman–Crippen LogP) is 4.23. The zero-order chi connectivity index (χ0) is 12.4. The number of hydrogen-bond donors (Lipinski definition) is 0. The van der Waals surface area contributed by atoms with Crippen LogP contribution in [0.3, 0.4) is 0 Å². The van der Waals surface area contributed by atoms with Crippen LogP contribution in [0, 0.1) is 0 Å². The number of fused-ring (bicyclic) bond motifs is 2. The quantitative estimate of drug-likeness (QED) is 0.719. The maximum absolute atomic E-state index is 4.81. The van der Waals surface area contributed by atoms with Gasteiger partial charge in [-0.05, 0) is 43.7 Å². The fourth-order valence-electron chi connectivity index (χ4n) is 2.68. The SMILES string of the molecule is CC/C=N/c1c2c(nc3ccccc13)CCCC2. The van der Waals surface area contributed by atoms with Gasteiger partial charge in [-0.25, -0.2) is 0 Å². The van der Waals surface area contributed by atoms with Gasteiger partial charge >= 0.3 is 0 Å². The van der Waals surface area contributed by atoms with Crippen molar-refractivity contribution in [1.29, 1.82) is 0 Å². The van der Waals surface area contributed by atoms with Gasteiger partial charge in [0, 0.05) is 17.3 Å². The third-order valence-corrected chi connectivity index (χ3v) is 3.54. The van der Waals surface area contributed by atoms with Crippen LogP contribution in [0.15, 0.2) is 29.3 Å².